The number of hydrogen-bond acceptors (Lipinski definition) is 0. The van der Waals surface area contributed by atoms with Gasteiger partial charge in [0.1, 0.15) is 0 Å². The maximum atomic E-state index is 2.00. The van der Waals surface area contributed by atoms with Gasteiger partial charge >= 0.3 is 32.7 Å². The maximum Gasteiger partial charge on any atom is 3.00 e. The maximum absolute atomic E-state index is 2.00. The fourth-order valence-electron chi connectivity index (χ4n) is 0.321. The van der Waals surface area contributed by atoms with E-state index in [-0.39, 0.29) is 52.5 Å². The first kappa shape index (κ1) is 15.9. The molecular weight excluding hydrogens is 196 g/mol. The second kappa shape index (κ2) is 10.7. The van der Waals surface area contributed by atoms with Crippen molar-refractivity contribution < 1.29 is 45.1 Å². The van der Waals surface area contributed by atoms with E-state index in [2.05, 4.69) is 0 Å². The molecule has 0 saturated carbocycles. The Morgan fingerprint density at radius 3 is 1.50 bits per heavy atom. The van der Waals surface area contributed by atoms with Crippen molar-refractivity contribution in [2.24, 2.45) is 0 Å². The van der Waals surface area contributed by atoms with Crippen LogP contribution in [-0.4, -0.2) is 0 Å². The molecule has 0 unspecified atom stereocenters. The molecule has 2 heteroatoms. The van der Waals surface area contributed by atoms with Gasteiger partial charge in [-0.15, -0.1) is 0 Å². The van der Waals surface area contributed by atoms with Crippen LogP contribution in [0.5, 0.6) is 0 Å². The first-order valence-corrected chi connectivity index (χ1v) is 1.67. The van der Waals surface area contributed by atoms with E-state index >= 15 is 0 Å². The summed E-state index contributed by atoms with van der Waals surface area (Å²) in [6, 6.07) is 10.0. The van der Waals surface area contributed by atoms with Crippen molar-refractivity contribution in [2.75, 3.05) is 0 Å². The van der Waals surface area contributed by atoms with Crippen LogP contribution in [0, 0.1) is 7.43 Å². The predicted molar refractivity (Wildman–Crippen MR) is 28.4 cm³/mol. The van der Waals surface area contributed by atoms with Crippen molar-refractivity contribution in [3.05, 3.63) is 37.8 Å². The molecule has 0 N–H and O–H groups in total. The Labute approximate surface area is 82.3 Å². The van der Waals surface area contributed by atoms with Crippen LogP contribution in [0.2, 0.25) is 0 Å². The van der Waals surface area contributed by atoms with Crippen LogP contribution in [-0.2, 0) is 32.7 Å². The average Bonchev–Trinajstić information content (AvgIpc) is 1.76. The van der Waals surface area contributed by atoms with Crippen LogP contribution < -0.4 is 12.4 Å². The Morgan fingerprint density at radius 1 is 1.00 bits per heavy atom. The molecule has 8 heavy (non-hydrogen) atoms. The zero-order valence-corrected chi connectivity index (χ0v) is 8.44. The van der Waals surface area contributed by atoms with Gasteiger partial charge in [0.05, 0.1) is 0 Å². The van der Waals surface area contributed by atoms with E-state index in [0.717, 1.165) is 0 Å². The van der Waals surface area contributed by atoms with E-state index in [4.69, 9.17) is 0 Å². The molecule has 0 bridgehead atoms. The molecule has 0 aliphatic rings. The van der Waals surface area contributed by atoms with Gasteiger partial charge in [-0.25, -0.2) is 12.1 Å². The molecule has 1 rings (SSSR count). The third-order valence-electron chi connectivity index (χ3n) is 0.556. The summed E-state index contributed by atoms with van der Waals surface area (Å²) >= 11 is 0. The van der Waals surface area contributed by atoms with Crippen LogP contribution in [0.15, 0.2) is 30.3 Å². The van der Waals surface area contributed by atoms with E-state index in [0.29, 0.717) is 0 Å². The molecule has 0 saturated heterocycles. The summed E-state index contributed by atoms with van der Waals surface area (Å²) in [5, 5.41) is 0. The van der Waals surface area contributed by atoms with Crippen LogP contribution in [0.25, 0.3) is 0 Å². The van der Waals surface area contributed by atoms with E-state index in [1.54, 1.807) is 0 Å². The summed E-state index contributed by atoms with van der Waals surface area (Å²) < 4.78 is 0. The summed E-state index contributed by atoms with van der Waals surface area (Å²) in [5.74, 6) is 0. The Hall–Kier alpha value is 0.744. The van der Waals surface area contributed by atoms with Crippen molar-refractivity contribution in [1.82, 2.24) is 0 Å². The average molecular weight is 204 g/mol. The normalized spacial score (nSPS) is 5.00. The second-order valence-electron chi connectivity index (χ2n) is 0.962. The third-order valence-corrected chi connectivity index (χ3v) is 0.556. The van der Waals surface area contributed by atoms with Gasteiger partial charge in [-0.3, -0.25) is 0 Å². The van der Waals surface area contributed by atoms with Gasteiger partial charge in [-0.2, -0.15) is 18.2 Å². The van der Waals surface area contributed by atoms with Crippen molar-refractivity contribution in [2.45, 2.75) is 0 Å². The topological polar surface area (TPSA) is 0 Å². The van der Waals surface area contributed by atoms with Crippen molar-refractivity contribution in [3.8, 4) is 0 Å². The molecule has 0 atom stereocenters. The van der Waals surface area contributed by atoms with Crippen molar-refractivity contribution in [1.29, 1.82) is 0 Å². The monoisotopic (exact) mass is 204 g/mol. The Kier molecular flexibility index (Phi) is 21.2. The fraction of sp³-hybridized carbons (Fsp3) is 0. The zero-order valence-electron chi connectivity index (χ0n) is 4.84. The van der Waals surface area contributed by atoms with Gasteiger partial charge in [-0.1, -0.05) is 0 Å². The molecule has 0 fully saturated rings. The second-order valence-corrected chi connectivity index (χ2v) is 0.962. The Bertz CT molecular complexity index is 65.0. The van der Waals surface area contributed by atoms with Gasteiger partial charge in [0.25, 0.3) is 0 Å². The molecule has 0 radical (unpaired) electrons. The van der Waals surface area contributed by atoms with E-state index < -0.39 is 0 Å². The van der Waals surface area contributed by atoms with Crippen molar-refractivity contribution >= 4 is 0 Å². The molecule has 42 valence electrons. The summed E-state index contributed by atoms with van der Waals surface area (Å²) in [4.78, 5) is 0. The first-order chi connectivity index (χ1) is 2.50. The molecule has 0 aromatic heterocycles. The van der Waals surface area contributed by atoms with Gasteiger partial charge in [0, 0.05) is 0 Å². The van der Waals surface area contributed by atoms with Gasteiger partial charge in [-0.05, 0) is 0 Å². The number of halogens is 1. The van der Waals surface area contributed by atoms with E-state index in [1.807, 2.05) is 30.3 Å². The molecule has 0 aliphatic carbocycles. The zero-order chi connectivity index (χ0) is 3.54. The van der Waals surface area contributed by atoms with Crippen LogP contribution in [0.4, 0.5) is 0 Å². The van der Waals surface area contributed by atoms with Gasteiger partial charge < -0.3 is 19.8 Å². The summed E-state index contributed by atoms with van der Waals surface area (Å²) in [7, 11) is 0. The smallest absolute Gasteiger partial charge is 1.00 e. The number of hydrogen-bond donors (Lipinski definition) is 0. The standard InChI is InChI=1S/C5H5.CH3.ClH.Y/c1-2-4-5-3-1;;;/h1-5H;1H3;1H;/q2*-1;;+3/p-1. The Morgan fingerprint density at radius 2 is 1.38 bits per heavy atom. The minimum absolute atomic E-state index is 0. The molecule has 0 amide bonds. The first-order valence-electron chi connectivity index (χ1n) is 1.67. The molecule has 0 heterocycles. The fourth-order valence-corrected chi connectivity index (χ4v) is 0.321. The molecule has 0 aliphatic heterocycles. The minimum atomic E-state index is 0. The van der Waals surface area contributed by atoms with Crippen molar-refractivity contribution in [3.63, 3.8) is 0 Å². The van der Waals surface area contributed by atoms with Crippen LogP contribution in [0.3, 0.4) is 0 Å². The largest absolute Gasteiger partial charge is 3.00 e. The molecule has 1 aromatic carbocycles. The third kappa shape index (κ3) is 6.74. The molecule has 1 aromatic rings. The van der Waals surface area contributed by atoms with E-state index in [9.17, 15) is 0 Å². The Balaban J connectivity index is -0.0000000833. The van der Waals surface area contributed by atoms with Gasteiger partial charge in [0.2, 0.25) is 0 Å². The van der Waals surface area contributed by atoms with Crippen LogP contribution in [0.1, 0.15) is 0 Å². The summed E-state index contributed by atoms with van der Waals surface area (Å²) in [6.07, 6.45) is 0. The predicted octanol–water partition coefficient (Wildman–Crippen LogP) is -1.14. The van der Waals surface area contributed by atoms with Crippen LogP contribution >= 0.6 is 0 Å². The quantitative estimate of drug-likeness (QED) is 0.469. The summed E-state index contributed by atoms with van der Waals surface area (Å²) in [6.45, 7) is 0. The minimum Gasteiger partial charge on any atom is -1.00 e. The molecular formula is C6H8ClY. The van der Waals surface area contributed by atoms with Gasteiger partial charge in [0.15, 0.2) is 0 Å². The molecule has 0 spiro atoms. The SMILES string of the molecule is [CH3-].[Cl-].[Y+3].c1cc[cH-]c1. The number of rotatable bonds is 0. The van der Waals surface area contributed by atoms with E-state index in [1.165, 1.54) is 0 Å². The molecule has 0 nitrogen and oxygen atoms in total. The summed E-state index contributed by atoms with van der Waals surface area (Å²) in [5.41, 5.74) is 0.